The van der Waals surface area contributed by atoms with Crippen LogP contribution in [0.15, 0.2) is 42.7 Å². The number of aromatic nitrogens is 2. The molecule has 1 aromatic carbocycles. The standard InChI is InChI=1S/C18H19FN4/c19-16-6-4-15(5-7-16)18-8-1-2-11-23(18)13-12-22(14-18)17-20-9-3-10-21-17/h3-7,9-10H,1,8,11-14H2. The molecule has 4 nitrogen and oxygen atoms in total. The van der Waals surface area contributed by atoms with E-state index in [4.69, 9.17) is 0 Å². The predicted molar refractivity (Wildman–Crippen MR) is 86.4 cm³/mol. The van der Waals surface area contributed by atoms with Gasteiger partial charge in [0.2, 0.25) is 5.95 Å². The molecule has 118 valence electrons. The fourth-order valence-corrected chi connectivity index (χ4v) is 3.73. The third-order valence-corrected chi connectivity index (χ3v) is 4.93. The van der Waals surface area contributed by atoms with Gasteiger partial charge in [-0.25, -0.2) is 14.4 Å². The Balaban J connectivity index is 1.71. The molecular weight excluding hydrogens is 291 g/mol. The van der Waals surface area contributed by atoms with E-state index in [1.807, 2.05) is 18.2 Å². The van der Waals surface area contributed by atoms with Gasteiger partial charge in [-0.2, -0.15) is 0 Å². The fraction of sp³-hybridized carbons (Fsp3) is 0.389. The maximum absolute atomic E-state index is 13.4. The first-order valence-corrected chi connectivity index (χ1v) is 8.02. The summed E-state index contributed by atoms with van der Waals surface area (Å²) in [6.45, 7) is 3.52. The average molecular weight is 310 g/mol. The Kier molecular flexibility index (Phi) is 3.73. The highest BCUT2D eigenvalue weighted by molar-refractivity contribution is 5.37. The van der Waals surface area contributed by atoms with Crippen LogP contribution in [0, 0.1) is 12.2 Å². The van der Waals surface area contributed by atoms with Crippen LogP contribution in [0.1, 0.15) is 18.4 Å². The van der Waals surface area contributed by atoms with Gasteiger partial charge in [0.25, 0.3) is 0 Å². The minimum absolute atomic E-state index is 0.115. The van der Waals surface area contributed by atoms with E-state index in [1.54, 1.807) is 24.5 Å². The largest absolute Gasteiger partial charge is 0.337 e. The Hall–Kier alpha value is -2.01. The fourth-order valence-electron chi connectivity index (χ4n) is 3.73. The smallest absolute Gasteiger partial charge is 0.225 e. The molecular formula is C18H19FN4. The minimum Gasteiger partial charge on any atom is -0.337 e. The second-order valence-corrected chi connectivity index (χ2v) is 6.18. The molecule has 0 amide bonds. The number of nitrogens with zero attached hydrogens (tertiary/aromatic N) is 4. The summed E-state index contributed by atoms with van der Waals surface area (Å²) >= 11 is 0. The van der Waals surface area contributed by atoms with E-state index < -0.39 is 0 Å². The number of fused-ring (bicyclic) bond motifs is 1. The van der Waals surface area contributed by atoms with E-state index >= 15 is 0 Å². The third kappa shape index (κ3) is 2.59. The molecule has 1 unspecified atom stereocenters. The summed E-state index contributed by atoms with van der Waals surface area (Å²) in [6.07, 6.45) is 8.95. The van der Waals surface area contributed by atoms with Crippen molar-refractivity contribution in [1.82, 2.24) is 14.9 Å². The maximum atomic E-state index is 13.4. The van der Waals surface area contributed by atoms with Gasteiger partial charge in [0.1, 0.15) is 5.82 Å². The van der Waals surface area contributed by atoms with Gasteiger partial charge >= 0.3 is 0 Å². The van der Waals surface area contributed by atoms with E-state index in [-0.39, 0.29) is 11.4 Å². The first-order valence-electron chi connectivity index (χ1n) is 8.02. The highest BCUT2D eigenvalue weighted by Crippen LogP contribution is 2.40. The number of rotatable bonds is 2. The summed E-state index contributed by atoms with van der Waals surface area (Å²) in [7, 11) is 0. The number of benzene rings is 1. The predicted octanol–water partition coefficient (Wildman–Crippen LogP) is 2.51. The molecule has 2 fully saturated rings. The SMILES string of the molecule is Fc1ccc(C23CC[C]CN2CCN(c2ncccn2)C3)cc1. The van der Waals surface area contributed by atoms with Crippen LogP contribution in [-0.2, 0) is 5.54 Å². The number of anilines is 1. The quantitative estimate of drug-likeness (QED) is 0.853. The van der Waals surface area contributed by atoms with Gasteiger partial charge in [-0.05, 0) is 43.0 Å². The molecule has 0 bridgehead atoms. The van der Waals surface area contributed by atoms with Gasteiger partial charge in [-0.15, -0.1) is 0 Å². The summed E-state index contributed by atoms with van der Waals surface area (Å²) in [5.41, 5.74) is 1.05. The molecule has 5 heteroatoms. The second-order valence-electron chi connectivity index (χ2n) is 6.18. The van der Waals surface area contributed by atoms with Gasteiger partial charge in [-0.1, -0.05) is 12.1 Å². The number of piperidine rings is 1. The first kappa shape index (κ1) is 14.6. The van der Waals surface area contributed by atoms with Crippen molar-refractivity contribution < 1.29 is 4.39 Å². The number of hydrogen-bond acceptors (Lipinski definition) is 4. The summed E-state index contributed by atoms with van der Waals surface area (Å²) in [5, 5.41) is 0. The molecule has 0 spiro atoms. The van der Waals surface area contributed by atoms with Crippen molar-refractivity contribution in [2.45, 2.75) is 18.4 Å². The van der Waals surface area contributed by atoms with Crippen molar-refractivity contribution in [2.75, 3.05) is 31.1 Å². The number of hydrogen-bond donors (Lipinski definition) is 0. The highest BCUT2D eigenvalue weighted by atomic mass is 19.1. The minimum atomic E-state index is -0.190. The zero-order chi connectivity index (χ0) is 15.7. The zero-order valence-corrected chi connectivity index (χ0v) is 13.0. The van der Waals surface area contributed by atoms with Crippen LogP contribution in [0.3, 0.4) is 0 Å². The Morgan fingerprint density at radius 3 is 2.65 bits per heavy atom. The monoisotopic (exact) mass is 310 g/mol. The van der Waals surface area contributed by atoms with E-state index in [0.717, 1.165) is 45.0 Å². The van der Waals surface area contributed by atoms with Crippen molar-refractivity contribution in [3.8, 4) is 0 Å². The lowest BCUT2D eigenvalue weighted by Crippen LogP contribution is -2.62. The van der Waals surface area contributed by atoms with Gasteiger partial charge < -0.3 is 4.90 Å². The van der Waals surface area contributed by atoms with Crippen LogP contribution in [0.4, 0.5) is 10.3 Å². The molecule has 1 atom stereocenters. The van der Waals surface area contributed by atoms with E-state index in [2.05, 4.69) is 26.2 Å². The summed E-state index contributed by atoms with van der Waals surface area (Å²) in [5.74, 6) is 0.580. The van der Waals surface area contributed by atoms with Crippen LogP contribution < -0.4 is 4.90 Å². The van der Waals surface area contributed by atoms with Crippen LogP contribution in [-0.4, -0.2) is 41.0 Å². The van der Waals surface area contributed by atoms with E-state index in [9.17, 15) is 4.39 Å². The first-order chi connectivity index (χ1) is 11.3. The Labute approximate surface area is 136 Å². The molecule has 2 aliphatic rings. The Morgan fingerprint density at radius 2 is 1.87 bits per heavy atom. The lowest BCUT2D eigenvalue weighted by atomic mass is 9.78. The molecule has 2 aromatic rings. The molecule has 0 saturated carbocycles. The summed E-state index contributed by atoms with van der Waals surface area (Å²) in [4.78, 5) is 13.5. The van der Waals surface area contributed by atoms with Crippen molar-refractivity contribution in [2.24, 2.45) is 0 Å². The summed E-state index contributed by atoms with van der Waals surface area (Å²) < 4.78 is 13.4. The average Bonchev–Trinajstić information content (AvgIpc) is 2.62. The Morgan fingerprint density at radius 1 is 1.09 bits per heavy atom. The molecule has 3 heterocycles. The van der Waals surface area contributed by atoms with Crippen LogP contribution in [0.5, 0.6) is 0 Å². The molecule has 2 saturated heterocycles. The normalized spacial score (nSPS) is 25.2. The van der Waals surface area contributed by atoms with Crippen molar-refractivity contribution in [3.05, 3.63) is 60.5 Å². The molecule has 2 radical (unpaired) electrons. The van der Waals surface area contributed by atoms with Crippen molar-refractivity contribution in [1.29, 1.82) is 0 Å². The molecule has 4 rings (SSSR count). The number of halogens is 1. The molecule has 2 aliphatic heterocycles. The Bertz CT molecular complexity index is 660. The number of piperazine rings is 1. The van der Waals surface area contributed by atoms with Crippen LogP contribution in [0.25, 0.3) is 0 Å². The lowest BCUT2D eigenvalue weighted by Gasteiger charge is -2.53. The highest BCUT2D eigenvalue weighted by Gasteiger charge is 2.45. The zero-order valence-electron chi connectivity index (χ0n) is 13.0. The molecule has 0 aliphatic carbocycles. The van der Waals surface area contributed by atoms with Gasteiger partial charge in [0.15, 0.2) is 0 Å². The summed E-state index contributed by atoms with van der Waals surface area (Å²) in [6, 6.07) is 8.79. The maximum Gasteiger partial charge on any atom is 0.225 e. The van der Waals surface area contributed by atoms with E-state index in [1.165, 1.54) is 5.56 Å². The van der Waals surface area contributed by atoms with Crippen LogP contribution in [0.2, 0.25) is 0 Å². The van der Waals surface area contributed by atoms with Crippen molar-refractivity contribution >= 4 is 5.95 Å². The molecule has 23 heavy (non-hydrogen) atoms. The van der Waals surface area contributed by atoms with E-state index in [0.29, 0.717) is 0 Å². The van der Waals surface area contributed by atoms with Gasteiger partial charge in [0, 0.05) is 38.6 Å². The second kappa shape index (κ2) is 5.89. The van der Waals surface area contributed by atoms with Gasteiger partial charge in [-0.3, -0.25) is 4.90 Å². The van der Waals surface area contributed by atoms with Crippen LogP contribution >= 0.6 is 0 Å². The molecule has 0 N–H and O–H groups in total. The van der Waals surface area contributed by atoms with Crippen molar-refractivity contribution in [3.63, 3.8) is 0 Å². The lowest BCUT2D eigenvalue weighted by molar-refractivity contribution is 0.0504. The van der Waals surface area contributed by atoms with Gasteiger partial charge in [0.05, 0.1) is 5.54 Å². The molecule has 1 aromatic heterocycles. The third-order valence-electron chi connectivity index (χ3n) is 4.93. The topological polar surface area (TPSA) is 32.3 Å².